The van der Waals surface area contributed by atoms with Crippen molar-refractivity contribution in [3.8, 4) is 0 Å². The summed E-state index contributed by atoms with van der Waals surface area (Å²) in [5, 5.41) is 39.5. The third-order valence-corrected chi connectivity index (χ3v) is 7.90. The van der Waals surface area contributed by atoms with Crippen LogP contribution in [0.3, 0.4) is 0 Å². The fourth-order valence-corrected chi connectivity index (χ4v) is 5.78. The third-order valence-electron chi connectivity index (χ3n) is 7.19. The van der Waals surface area contributed by atoms with Gasteiger partial charge in [0.15, 0.2) is 6.21 Å². The number of hydrogen-bond donors (Lipinski definition) is 7. The monoisotopic (exact) mass is 621 g/mol. The van der Waals surface area contributed by atoms with Gasteiger partial charge in [-0.05, 0) is 41.8 Å². The molecule has 0 saturated carbocycles. The Hall–Kier alpha value is -3.91. The van der Waals surface area contributed by atoms with E-state index in [-0.39, 0.29) is 47.6 Å². The number of halogens is 2. The molecule has 2 heterocycles. The normalized spacial score (nSPS) is 19.0. The number of urea groups is 1. The highest BCUT2D eigenvalue weighted by Gasteiger charge is 2.31. The van der Waals surface area contributed by atoms with Gasteiger partial charge in [-0.3, -0.25) is 15.0 Å². The maximum absolute atomic E-state index is 13.1. The van der Waals surface area contributed by atoms with E-state index >= 15 is 0 Å². The topological polar surface area (TPSA) is 211 Å². The molecule has 2 aromatic rings. The summed E-state index contributed by atoms with van der Waals surface area (Å²) in [6.45, 7) is -0.0610. The summed E-state index contributed by atoms with van der Waals surface area (Å²) in [4.78, 5) is 53.3. The Labute approximate surface area is 250 Å². The summed E-state index contributed by atoms with van der Waals surface area (Å²) in [7, 11) is 0. The van der Waals surface area contributed by atoms with Crippen molar-refractivity contribution in [3.05, 3.63) is 62.1 Å². The van der Waals surface area contributed by atoms with Crippen molar-refractivity contribution in [2.24, 2.45) is 0 Å². The van der Waals surface area contributed by atoms with Gasteiger partial charge in [-0.2, -0.15) is 0 Å². The average molecular weight is 622 g/mol. The van der Waals surface area contributed by atoms with Gasteiger partial charge in [-0.1, -0.05) is 23.2 Å². The molecule has 42 heavy (non-hydrogen) atoms. The highest BCUT2D eigenvalue weighted by molar-refractivity contribution is 6.40. The standard InChI is InChI=1S/C27H30Cl2N6O7/c28-19-5-15-10-34(25(39)13-1-2-14(8-30)20(31)6-13)4-3-18(15)23(29)22(19)24(38)33-21(26(40)41)9-32-27(42)35-11-16(36)7-17(37)12-35/h1-2,5-6,8,16-17,21,30,36-37H,3-4,7,9-12,31H2,(H,32,42)(H,33,38)(H,40,41)/p+1/t16-,17-,21+/m1/s1. The molecule has 4 rings (SSSR count). The van der Waals surface area contributed by atoms with Crippen molar-refractivity contribution in [3.63, 3.8) is 0 Å². The van der Waals surface area contributed by atoms with Crippen molar-refractivity contribution in [1.82, 2.24) is 20.4 Å². The summed E-state index contributed by atoms with van der Waals surface area (Å²) in [6.07, 6.45) is -0.0264. The second kappa shape index (κ2) is 12.9. The van der Waals surface area contributed by atoms with Crippen LogP contribution >= 0.6 is 23.2 Å². The highest BCUT2D eigenvalue weighted by atomic mass is 35.5. The molecule has 0 aliphatic carbocycles. The minimum atomic E-state index is -1.53. The first-order chi connectivity index (χ1) is 19.9. The van der Waals surface area contributed by atoms with Crippen LogP contribution in [0, 0.1) is 0 Å². The van der Waals surface area contributed by atoms with Gasteiger partial charge in [0.25, 0.3) is 11.8 Å². The number of aliphatic hydroxyl groups is 2. The minimum absolute atomic E-state index is 0.0241. The zero-order valence-electron chi connectivity index (χ0n) is 22.3. The number of hydrogen-bond acceptors (Lipinski definition) is 7. The maximum Gasteiger partial charge on any atom is 0.328 e. The molecule has 1 fully saturated rings. The van der Waals surface area contributed by atoms with Crippen molar-refractivity contribution in [2.45, 2.75) is 37.6 Å². The van der Waals surface area contributed by atoms with Gasteiger partial charge in [0.2, 0.25) is 0 Å². The number of carbonyl (C=O) groups is 4. The Balaban J connectivity index is 1.45. The molecular weight excluding hydrogens is 591 g/mol. The molecule has 13 nitrogen and oxygen atoms in total. The number of piperidine rings is 1. The number of β-amino-alcohol motifs (C(OH)–C–C–N with tert-alkyl or cyclic N) is 2. The zero-order valence-corrected chi connectivity index (χ0v) is 23.9. The fraction of sp³-hybridized carbons (Fsp3) is 0.370. The molecule has 9 N–H and O–H groups in total. The number of anilines is 1. The molecule has 15 heteroatoms. The van der Waals surface area contributed by atoms with E-state index in [4.69, 9.17) is 34.3 Å². The number of carboxylic acids is 1. The number of aliphatic hydroxyl groups excluding tert-OH is 2. The molecule has 2 aliphatic rings. The fourth-order valence-electron chi connectivity index (χ4n) is 5.02. The number of carboxylic acid groups (broad SMARTS) is 1. The number of rotatable bonds is 7. The molecular formula is C27H31Cl2N6O7+. The van der Waals surface area contributed by atoms with Gasteiger partial charge in [0.05, 0.1) is 39.9 Å². The molecule has 0 unspecified atom stereocenters. The number of benzene rings is 2. The number of amides is 4. The SMILES string of the molecule is Nc1cc(C(=O)N2CCc3c(cc(Cl)c(C(=O)N[C@@H](CNC(=O)N4C[C@H](O)C[C@@H](O)C4)C(=O)O)c3Cl)C2)ccc1C=[NH2+]. The molecule has 0 aromatic heterocycles. The second-order valence-corrected chi connectivity index (χ2v) is 11.0. The lowest BCUT2D eigenvalue weighted by Crippen LogP contribution is -2.55. The molecule has 224 valence electrons. The number of aliphatic carboxylic acids is 1. The molecule has 3 atom stereocenters. The average Bonchev–Trinajstić information content (AvgIpc) is 2.93. The van der Waals surface area contributed by atoms with Crippen molar-refractivity contribution in [1.29, 1.82) is 0 Å². The van der Waals surface area contributed by atoms with Gasteiger partial charge < -0.3 is 41.5 Å². The van der Waals surface area contributed by atoms with E-state index in [0.29, 0.717) is 40.9 Å². The van der Waals surface area contributed by atoms with Crippen LogP contribution in [0.5, 0.6) is 0 Å². The highest BCUT2D eigenvalue weighted by Crippen LogP contribution is 2.35. The summed E-state index contributed by atoms with van der Waals surface area (Å²) in [6, 6.07) is 4.10. The Morgan fingerprint density at radius 3 is 2.43 bits per heavy atom. The van der Waals surface area contributed by atoms with Crippen molar-refractivity contribution >= 4 is 58.9 Å². The largest absolute Gasteiger partial charge is 0.480 e. The van der Waals surface area contributed by atoms with Gasteiger partial charge >= 0.3 is 12.0 Å². The first kappa shape index (κ1) is 31.0. The van der Waals surface area contributed by atoms with Crippen LogP contribution < -0.4 is 21.8 Å². The van der Waals surface area contributed by atoms with Crippen LogP contribution in [0.25, 0.3) is 0 Å². The first-order valence-corrected chi connectivity index (χ1v) is 13.8. The minimum Gasteiger partial charge on any atom is -0.480 e. The van der Waals surface area contributed by atoms with Crippen LogP contribution in [-0.4, -0.2) is 99.6 Å². The molecule has 0 bridgehead atoms. The lowest BCUT2D eigenvalue weighted by Gasteiger charge is -2.33. The van der Waals surface area contributed by atoms with Crippen LogP contribution in [0.15, 0.2) is 24.3 Å². The van der Waals surface area contributed by atoms with Crippen LogP contribution in [0.4, 0.5) is 10.5 Å². The summed E-state index contributed by atoms with van der Waals surface area (Å²) < 4.78 is 0. The number of fused-ring (bicyclic) bond motifs is 1. The molecule has 2 aliphatic heterocycles. The number of carbonyl (C=O) groups excluding carboxylic acids is 3. The van der Waals surface area contributed by atoms with E-state index in [1.165, 1.54) is 12.3 Å². The van der Waals surface area contributed by atoms with E-state index in [1.807, 2.05) is 0 Å². The number of nitrogens with zero attached hydrogens (tertiary/aromatic N) is 2. The third kappa shape index (κ3) is 6.76. The smallest absolute Gasteiger partial charge is 0.328 e. The predicted octanol–water partition coefficient (Wildman–Crippen LogP) is -0.728. The van der Waals surface area contributed by atoms with Gasteiger partial charge in [-0.15, -0.1) is 0 Å². The number of nitrogen functional groups attached to an aromatic ring is 1. The molecule has 0 radical (unpaired) electrons. The quantitative estimate of drug-likeness (QED) is 0.154. The molecule has 4 amide bonds. The van der Waals surface area contributed by atoms with E-state index in [2.05, 4.69) is 10.6 Å². The van der Waals surface area contributed by atoms with Gasteiger partial charge in [0, 0.05) is 43.9 Å². The predicted molar refractivity (Wildman–Crippen MR) is 153 cm³/mol. The molecule has 2 aromatic carbocycles. The van der Waals surface area contributed by atoms with Crippen LogP contribution in [0.2, 0.25) is 10.0 Å². The summed E-state index contributed by atoms with van der Waals surface area (Å²) in [5.41, 5.74) is 8.42. The Morgan fingerprint density at radius 1 is 1.12 bits per heavy atom. The Morgan fingerprint density at radius 2 is 1.81 bits per heavy atom. The zero-order chi connectivity index (χ0) is 30.7. The van der Waals surface area contributed by atoms with E-state index in [0.717, 1.165) is 4.90 Å². The van der Waals surface area contributed by atoms with E-state index < -0.39 is 42.7 Å². The lowest BCUT2D eigenvalue weighted by molar-refractivity contribution is -0.139. The van der Waals surface area contributed by atoms with E-state index in [9.17, 15) is 34.5 Å². The first-order valence-electron chi connectivity index (χ1n) is 13.1. The van der Waals surface area contributed by atoms with E-state index in [1.54, 1.807) is 23.1 Å². The second-order valence-electron chi connectivity index (χ2n) is 10.2. The molecule has 1 saturated heterocycles. The summed E-state index contributed by atoms with van der Waals surface area (Å²) >= 11 is 13.0. The lowest BCUT2D eigenvalue weighted by atomic mass is 9.95. The number of nitrogens with two attached hydrogens (primary N) is 2. The molecule has 0 spiro atoms. The van der Waals surface area contributed by atoms with Gasteiger partial charge in [-0.25, -0.2) is 9.59 Å². The van der Waals surface area contributed by atoms with Crippen LogP contribution in [0.1, 0.15) is 43.8 Å². The Kier molecular flexibility index (Phi) is 9.57. The van der Waals surface area contributed by atoms with Crippen molar-refractivity contribution < 1.29 is 39.9 Å². The van der Waals surface area contributed by atoms with Gasteiger partial charge in [0.1, 0.15) is 6.04 Å². The number of likely N-dealkylation sites (tertiary alicyclic amines) is 1. The maximum atomic E-state index is 13.1. The summed E-state index contributed by atoms with van der Waals surface area (Å²) in [5.74, 6) is -2.53. The van der Waals surface area contributed by atoms with Crippen molar-refractivity contribution in [2.75, 3.05) is 31.9 Å². The number of nitrogens with one attached hydrogen (secondary N) is 2. The Bertz CT molecular complexity index is 1430. The van der Waals surface area contributed by atoms with Crippen LogP contribution in [-0.2, 0) is 17.8 Å².